The van der Waals surface area contributed by atoms with Crippen LogP contribution in [0.15, 0.2) is 47.3 Å². The fourth-order valence-electron chi connectivity index (χ4n) is 3.47. The maximum Gasteiger partial charge on any atom is 0.308 e. The number of aryl methyl sites for hydroxylation is 1. The second-order valence-electron chi connectivity index (χ2n) is 6.49. The molecule has 6 nitrogen and oxygen atoms in total. The van der Waals surface area contributed by atoms with Crippen LogP contribution in [-0.2, 0) is 22.6 Å². The van der Waals surface area contributed by atoms with Crippen LogP contribution >= 0.6 is 0 Å². The molecule has 0 unspecified atom stereocenters. The average molecular weight is 363 g/mol. The molecule has 0 radical (unpaired) electrons. The van der Waals surface area contributed by atoms with E-state index in [4.69, 9.17) is 9.47 Å². The minimum Gasteiger partial charge on any atom is -0.427 e. The van der Waals surface area contributed by atoms with Gasteiger partial charge in [0, 0.05) is 26.0 Å². The van der Waals surface area contributed by atoms with Gasteiger partial charge in [-0.3, -0.25) is 14.4 Å². The van der Waals surface area contributed by atoms with Crippen LogP contribution in [-0.4, -0.2) is 16.5 Å². The molecule has 4 rings (SSSR count). The Balaban J connectivity index is 1.89. The quantitative estimate of drug-likeness (QED) is 0.517. The summed E-state index contributed by atoms with van der Waals surface area (Å²) in [6.07, 6.45) is 0.706. The van der Waals surface area contributed by atoms with Crippen LogP contribution in [0.1, 0.15) is 19.4 Å². The zero-order chi connectivity index (χ0) is 19.1. The molecule has 6 heteroatoms. The average Bonchev–Trinajstić information content (AvgIpc) is 2.61. The van der Waals surface area contributed by atoms with Crippen molar-refractivity contribution >= 4 is 22.7 Å². The van der Waals surface area contributed by atoms with Crippen LogP contribution < -0.4 is 15.0 Å². The van der Waals surface area contributed by atoms with Gasteiger partial charge in [0.2, 0.25) is 0 Å². The lowest BCUT2D eigenvalue weighted by atomic mass is 9.95. The van der Waals surface area contributed by atoms with Gasteiger partial charge in [-0.1, -0.05) is 12.1 Å². The zero-order valence-electron chi connectivity index (χ0n) is 14.9. The lowest BCUT2D eigenvalue weighted by molar-refractivity contribution is -0.132. The fraction of sp³-hybridized carbons (Fsp3) is 0.190. The second kappa shape index (κ2) is 6.39. The van der Waals surface area contributed by atoms with Gasteiger partial charge in [0.1, 0.15) is 11.5 Å². The van der Waals surface area contributed by atoms with Gasteiger partial charge in [0.05, 0.1) is 11.1 Å². The molecule has 27 heavy (non-hydrogen) atoms. The lowest BCUT2D eigenvalue weighted by Gasteiger charge is -2.23. The highest BCUT2D eigenvalue weighted by Crippen LogP contribution is 2.33. The molecule has 0 amide bonds. The van der Waals surface area contributed by atoms with E-state index in [2.05, 4.69) is 0 Å². The lowest BCUT2D eigenvalue weighted by Crippen LogP contribution is -2.26. The van der Waals surface area contributed by atoms with Crippen molar-refractivity contribution in [1.82, 2.24) is 4.57 Å². The maximum absolute atomic E-state index is 13.0. The van der Waals surface area contributed by atoms with Crippen molar-refractivity contribution in [2.45, 2.75) is 26.8 Å². The van der Waals surface area contributed by atoms with Gasteiger partial charge in [-0.15, -0.1) is 0 Å². The van der Waals surface area contributed by atoms with Gasteiger partial charge in [-0.05, 0) is 47.7 Å². The number of ether oxygens (including phenoxy) is 2. The molecule has 0 fully saturated rings. The van der Waals surface area contributed by atoms with Crippen molar-refractivity contribution in [2.24, 2.45) is 0 Å². The van der Waals surface area contributed by atoms with Crippen molar-refractivity contribution < 1.29 is 19.1 Å². The van der Waals surface area contributed by atoms with Gasteiger partial charge in [0.15, 0.2) is 0 Å². The van der Waals surface area contributed by atoms with Gasteiger partial charge in [-0.2, -0.15) is 0 Å². The Morgan fingerprint density at radius 1 is 0.926 bits per heavy atom. The number of hydrogen-bond donors (Lipinski definition) is 0. The molecule has 0 N–H and O–H groups in total. The molecule has 2 heterocycles. The van der Waals surface area contributed by atoms with Crippen molar-refractivity contribution in [3.8, 4) is 22.8 Å². The Kier molecular flexibility index (Phi) is 4.03. The van der Waals surface area contributed by atoms with E-state index in [-0.39, 0.29) is 11.5 Å². The third-order valence-electron chi connectivity index (χ3n) is 4.57. The molecular formula is C21H17NO5. The van der Waals surface area contributed by atoms with E-state index < -0.39 is 5.97 Å². The highest BCUT2D eigenvalue weighted by atomic mass is 16.5. The van der Waals surface area contributed by atoms with E-state index in [0.29, 0.717) is 29.9 Å². The Hall–Kier alpha value is -3.41. The van der Waals surface area contributed by atoms with Crippen molar-refractivity contribution in [3.63, 3.8) is 0 Å². The minimum absolute atomic E-state index is 0.139. The number of nitrogens with zero attached hydrogens (tertiary/aromatic N) is 1. The van der Waals surface area contributed by atoms with Crippen molar-refractivity contribution in [1.29, 1.82) is 0 Å². The standard InChI is InChI=1S/C21H17NO5/c1-12(23)26-16-5-3-14-7-8-22-20(18(14)10-16)9-15-4-6-17(27-13(2)24)11-19(15)21(22)25/h3-6,9-11H,7-8H2,1-2H3. The first-order valence-electron chi connectivity index (χ1n) is 8.60. The third-order valence-corrected chi connectivity index (χ3v) is 4.57. The number of carbonyl (C=O) groups excluding carboxylic acids is 2. The summed E-state index contributed by atoms with van der Waals surface area (Å²) in [7, 11) is 0. The normalized spacial score (nSPS) is 12.2. The molecule has 0 saturated carbocycles. The molecule has 0 atom stereocenters. The van der Waals surface area contributed by atoms with Crippen LogP contribution in [0.4, 0.5) is 0 Å². The largest absolute Gasteiger partial charge is 0.427 e. The van der Waals surface area contributed by atoms with E-state index >= 15 is 0 Å². The monoisotopic (exact) mass is 363 g/mol. The number of esters is 2. The highest BCUT2D eigenvalue weighted by Gasteiger charge is 2.20. The highest BCUT2D eigenvalue weighted by molar-refractivity contribution is 5.88. The summed E-state index contributed by atoms with van der Waals surface area (Å²) in [6.45, 7) is 3.23. The smallest absolute Gasteiger partial charge is 0.308 e. The Labute approximate surface area is 154 Å². The summed E-state index contributed by atoms with van der Waals surface area (Å²) >= 11 is 0. The van der Waals surface area contributed by atoms with Gasteiger partial charge in [-0.25, -0.2) is 0 Å². The van der Waals surface area contributed by atoms with E-state index in [1.165, 1.54) is 13.8 Å². The van der Waals surface area contributed by atoms with Gasteiger partial charge >= 0.3 is 11.9 Å². The summed E-state index contributed by atoms with van der Waals surface area (Å²) in [5.41, 5.74) is 2.62. The summed E-state index contributed by atoms with van der Waals surface area (Å²) in [5.74, 6) is -0.0209. The minimum atomic E-state index is -0.431. The predicted molar refractivity (Wildman–Crippen MR) is 100.0 cm³/mol. The molecule has 1 aromatic heterocycles. The van der Waals surface area contributed by atoms with Crippen LogP contribution in [0.3, 0.4) is 0 Å². The second-order valence-corrected chi connectivity index (χ2v) is 6.49. The summed E-state index contributed by atoms with van der Waals surface area (Å²) in [6, 6.07) is 12.4. The number of benzene rings is 2. The fourth-order valence-corrected chi connectivity index (χ4v) is 3.47. The number of hydrogen-bond acceptors (Lipinski definition) is 5. The molecular weight excluding hydrogens is 346 g/mol. The third kappa shape index (κ3) is 3.10. The van der Waals surface area contributed by atoms with E-state index in [9.17, 15) is 14.4 Å². The summed E-state index contributed by atoms with van der Waals surface area (Å²) in [4.78, 5) is 35.4. The molecule has 1 aliphatic rings. The topological polar surface area (TPSA) is 74.6 Å². The SMILES string of the molecule is CC(=O)Oc1ccc2c(c1)-c1cc3ccc(OC(C)=O)cc3c(=O)n1CC2. The number of aromatic nitrogens is 1. The molecule has 0 spiro atoms. The Bertz CT molecular complexity index is 1160. The number of carbonyl (C=O) groups is 2. The molecule has 136 valence electrons. The summed E-state index contributed by atoms with van der Waals surface area (Å²) < 4.78 is 12.0. The van der Waals surface area contributed by atoms with Crippen LogP contribution in [0, 0.1) is 0 Å². The molecule has 0 saturated heterocycles. The number of pyridine rings is 1. The maximum atomic E-state index is 13.0. The van der Waals surface area contributed by atoms with Gasteiger partial charge in [0.25, 0.3) is 5.56 Å². The van der Waals surface area contributed by atoms with Crippen LogP contribution in [0.25, 0.3) is 22.0 Å². The van der Waals surface area contributed by atoms with Crippen LogP contribution in [0.5, 0.6) is 11.5 Å². The van der Waals surface area contributed by atoms with Crippen molar-refractivity contribution in [3.05, 3.63) is 58.4 Å². The van der Waals surface area contributed by atoms with E-state index in [0.717, 1.165) is 22.2 Å². The van der Waals surface area contributed by atoms with E-state index in [1.807, 2.05) is 12.1 Å². The van der Waals surface area contributed by atoms with E-state index in [1.54, 1.807) is 34.9 Å². The molecule has 0 bridgehead atoms. The molecule has 3 aromatic rings. The van der Waals surface area contributed by atoms with Gasteiger partial charge < -0.3 is 14.0 Å². The first kappa shape index (κ1) is 17.0. The number of rotatable bonds is 2. The first-order chi connectivity index (χ1) is 12.9. The van der Waals surface area contributed by atoms with Crippen LogP contribution in [0.2, 0.25) is 0 Å². The number of fused-ring (bicyclic) bond motifs is 4. The predicted octanol–water partition coefficient (Wildman–Crippen LogP) is 3.08. The van der Waals surface area contributed by atoms with Crippen molar-refractivity contribution in [2.75, 3.05) is 0 Å². The Morgan fingerprint density at radius 3 is 2.30 bits per heavy atom. The Morgan fingerprint density at radius 2 is 1.59 bits per heavy atom. The summed E-state index contributed by atoms with van der Waals surface area (Å²) in [5, 5.41) is 1.25. The molecule has 0 aliphatic carbocycles. The zero-order valence-corrected chi connectivity index (χ0v) is 14.9. The first-order valence-corrected chi connectivity index (χ1v) is 8.60. The molecule has 1 aliphatic heterocycles. The molecule has 2 aromatic carbocycles.